The van der Waals surface area contributed by atoms with E-state index >= 15 is 0 Å². The third-order valence-electron chi connectivity index (χ3n) is 5.37. The zero-order valence-corrected chi connectivity index (χ0v) is 25.1. The SMILES string of the molecule is COc1ccc(CS(=O)(=O)C=Cc2c(OC)cc(CO)cc2OC)cc1OCC(=O)OCCCCOP(C)(C)=O. The summed E-state index contributed by atoms with van der Waals surface area (Å²) in [4.78, 5) is 12.1. The Labute approximate surface area is 235 Å². The van der Waals surface area contributed by atoms with Crippen LogP contribution in [0.2, 0.25) is 0 Å². The van der Waals surface area contributed by atoms with Gasteiger partial charge in [0.1, 0.15) is 11.5 Å². The van der Waals surface area contributed by atoms with Crippen LogP contribution >= 0.6 is 7.37 Å². The summed E-state index contributed by atoms with van der Waals surface area (Å²) < 4.78 is 69.1. The van der Waals surface area contributed by atoms with E-state index in [0.29, 0.717) is 53.4 Å². The quantitative estimate of drug-likeness (QED) is 0.160. The van der Waals surface area contributed by atoms with Crippen molar-refractivity contribution in [2.45, 2.75) is 25.2 Å². The van der Waals surface area contributed by atoms with Crippen molar-refractivity contribution in [2.24, 2.45) is 0 Å². The summed E-state index contributed by atoms with van der Waals surface area (Å²) in [5.74, 6) is 0.261. The smallest absolute Gasteiger partial charge is 0.344 e. The molecular formula is C27H37O11PS. The van der Waals surface area contributed by atoms with E-state index in [1.807, 2.05) is 0 Å². The molecule has 222 valence electrons. The Bertz CT molecular complexity index is 1290. The maximum atomic E-state index is 12.9. The van der Waals surface area contributed by atoms with Crippen LogP contribution in [0.4, 0.5) is 0 Å². The Kier molecular flexibility index (Phi) is 13.0. The van der Waals surface area contributed by atoms with E-state index in [-0.39, 0.29) is 24.7 Å². The second kappa shape index (κ2) is 15.7. The summed E-state index contributed by atoms with van der Waals surface area (Å²) >= 11 is 0. The standard InChI is InChI=1S/C27H37O11PS/c1-33-23-9-8-20(14-26(23)37-18-27(29)36-11-6-7-12-38-39(4,5)30)19-40(31,32)13-10-22-24(34-2)15-21(17-28)16-25(22)35-3/h8-10,13-16,28H,6-7,11-12,17-19H2,1-5H3. The van der Waals surface area contributed by atoms with E-state index in [1.165, 1.54) is 46.8 Å². The first-order valence-corrected chi connectivity index (χ1v) is 16.6. The number of sulfone groups is 1. The van der Waals surface area contributed by atoms with Crippen LogP contribution in [0.25, 0.3) is 6.08 Å². The Morgan fingerprint density at radius 1 is 0.900 bits per heavy atom. The first-order valence-electron chi connectivity index (χ1n) is 12.3. The summed E-state index contributed by atoms with van der Waals surface area (Å²) in [6, 6.07) is 7.81. The van der Waals surface area contributed by atoms with Gasteiger partial charge in [-0.2, -0.15) is 0 Å². The lowest BCUT2D eigenvalue weighted by molar-refractivity contribution is -0.146. The van der Waals surface area contributed by atoms with Gasteiger partial charge in [0, 0.05) is 18.7 Å². The van der Waals surface area contributed by atoms with Crippen LogP contribution in [0.1, 0.15) is 29.5 Å². The number of hydrogen-bond donors (Lipinski definition) is 1. The van der Waals surface area contributed by atoms with Gasteiger partial charge in [-0.1, -0.05) is 6.07 Å². The van der Waals surface area contributed by atoms with Gasteiger partial charge in [-0.05, 0) is 54.3 Å². The van der Waals surface area contributed by atoms with Crippen LogP contribution in [0.15, 0.2) is 35.7 Å². The number of ether oxygens (including phenoxy) is 5. The van der Waals surface area contributed by atoms with Crippen LogP contribution in [0.3, 0.4) is 0 Å². The molecule has 0 amide bonds. The van der Waals surface area contributed by atoms with E-state index in [9.17, 15) is 22.9 Å². The van der Waals surface area contributed by atoms with E-state index in [4.69, 9.17) is 28.2 Å². The minimum atomic E-state index is -3.75. The summed E-state index contributed by atoms with van der Waals surface area (Å²) in [6.45, 7) is 2.92. The second-order valence-corrected chi connectivity index (χ2v) is 13.6. The fourth-order valence-electron chi connectivity index (χ4n) is 3.48. The number of unbranched alkanes of at least 4 members (excludes halogenated alkanes) is 1. The van der Waals surface area contributed by atoms with Crippen LogP contribution < -0.4 is 18.9 Å². The van der Waals surface area contributed by atoms with Gasteiger partial charge in [0.15, 0.2) is 35.3 Å². The van der Waals surface area contributed by atoms with E-state index in [0.717, 1.165) is 5.41 Å². The Morgan fingerprint density at radius 3 is 2.08 bits per heavy atom. The first kappa shape index (κ1) is 33.2. The molecule has 0 unspecified atom stereocenters. The Hall–Kier alpha value is -3.05. The van der Waals surface area contributed by atoms with Gasteiger partial charge in [0.05, 0.1) is 52.5 Å². The number of methoxy groups -OCH3 is 3. The molecular weight excluding hydrogens is 563 g/mol. The van der Waals surface area contributed by atoms with Crippen LogP contribution in [-0.4, -0.2) is 74.0 Å². The first-order chi connectivity index (χ1) is 18.9. The molecule has 0 radical (unpaired) electrons. The van der Waals surface area contributed by atoms with Gasteiger partial charge < -0.3 is 33.3 Å². The maximum absolute atomic E-state index is 12.9. The molecule has 0 saturated carbocycles. The van der Waals surface area contributed by atoms with Crippen molar-refractivity contribution < 1.29 is 51.1 Å². The summed E-state index contributed by atoms with van der Waals surface area (Å²) in [5.41, 5.74) is 1.37. The van der Waals surface area contributed by atoms with Crippen LogP contribution in [0, 0.1) is 0 Å². The van der Waals surface area contributed by atoms with Gasteiger partial charge >= 0.3 is 5.97 Å². The largest absolute Gasteiger partial charge is 0.496 e. The van der Waals surface area contributed by atoms with Crippen molar-refractivity contribution in [2.75, 3.05) is 54.5 Å². The highest BCUT2D eigenvalue weighted by Crippen LogP contribution is 2.37. The van der Waals surface area contributed by atoms with Crippen molar-refractivity contribution in [1.29, 1.82) is 0 Å². The zero-order valence-electron chi connectivity index (χ0n) is 23.4. The number of rotatable bonds is 17. The molecule has 0 aliphatic rings. The molecule has 0 heterocycles. The Balaban J connectivity index is 2.03. The number of carbonyl (C=O) groups excluding carboxylic acids is 1. The number of aliphatic hydroxyl groups is 1. The topological polar surface area (TPSA) is 144 Å². The molecule has 40 heavy (non-hydrogen) atoms. The van der Waals surface area contributed by atoms with Crippen molar-refractivity contribution >= 4 is 29.3 Å². The summed E-state index contributed by atoms with van der Waals surface area (Å²) in [7, 11) is -1.99. The van der Waals surface area contributed by atoms with Gasteiger partial charge in [-0.3, -0.25) is 4.57 Å². The predicted octanol–water partition coefficient (Wildman–Crippen LogP) is 4.05. The predicted molar refractivity (Wildman–Crippen MR) is 151 cm³/mol. The highest BCUT2D eigenvalue weighted by Gasteiger charge is 2.16. The molecule has 2 aromatic carbocycles. The lowest BCUT2D eigenvalue weighted by Gasteiger charge is -2.13. The third kappa shape index (κ3) is 11.2. The van der Waals surface area contributed by atoms with Crippen LogP contribution in [-0.2, 0) is 40.8 Å². The molecule has 0 bridgehead atoms. The molecule has 0 saturated heterocycles. The van der Waals surface area contributed by atoms with Crippen molar-refractivity contribution in [3.05, 3.63) is 52.4 Å². The van der Waals surface area contributed by atoms with Gasteiger partial charge in [0.2, 0.25) is 0 Å². The molecule has 2 rings (SSSR count). The van der Waals surface area contributed by atoms with Crippen LogP contribution in [0.5, 0.6) is 23.0 Å². The lowest BCUT2D eigenvalue weighted by atomic mass is 10.1. The number of hydrogen-bond acceptors (Lipinski definition) is 11. The molecule has 0 atom stereocenters. The van der Waals surface area contributed by atoms with Crippen molar-refractivity contribution in [3.63, 3.8) is 0 Å². The molecule has 1 N–H and O–H groups in total. The Morgan fingerprint density at radius 2 is 1.50 bits per heavy atom. The minimum absolute atomic E-state index is 0.156. The van der Waals surface area contributed by atoms with E-state index in [1.54, 1.807) is 24.3 Å². The molecule has 0 spiro atoms. The van der Waals surface area contributed by atoms with Gasteiger partial charge in [-0.25, -0.2) is 13.2 Å². The number of esters is 1. The molecule has 0 aliphatic carbocycles. The fraction of sp³-hybridized carbons (Fsp3) is 0.444. The monoisotopic (exact) mass is 600 g/mol. The van der Waals surface area contributed by atoms with Gasteiger partial charge in [0.25, 0.3) is 0 Å². The average Bonchev–Trinajstić information content (AvgIpc) is 2.91. The number of aliphatic hydroxyl groups excluding tert-OH is 1. The average molecular weight is 601 g/mol. The van der Waals surface area contributed by atoms with E-state index < -0.39 is 29.8 Å². The molecule has 2 aromatic rings. The molecule has 0 aliphatic heterocycles. The van der Waals surface area contributed by atoms with Crippen molar-refractivity contribution in [1.82, 2.24) is 0 Å². The second-order valence-electron chi connectivity index (χ2n) is 8.97. The number of benzene rings is 2. The molecule has 11 nitrogen and oxygen atoms in total. The highest BCUT2D eigenvalue weighted by molar-refractivity contribution is 7.93. The normalized spacial score (nSPS) is 11.8. The third-order valence-corrected chi connectivity index (χ3v) is 7.46. The van der Waals surface area contributed by atoms with Gasteiger partial charge in [-0.15, -0.1) is 0 Å². The summed E-state index contributed by atoms with van der Waals surface area (Å²) in [5, 5.41) is 10.5. The molecule has 13 heteroatoms. The molecule has 0 fully saturated rings. The van der Waals surface area contributed by atoms with Crippen molar-refractivity contribution in [3.8, 4) is 23.0 Å². The highest BCUT2D eigenvalue weighted by atomic mass is 32.2. The summed E-state index contributed by atoms with van der Waals surface area (Å²) in [6.07, 6.45) is 2.51. The fourth-order valence-corrected chi connectivity index (χ4v) is 5.13. The minimum Gasteiger partial charge on any atom is -0.496 e. The maximum Gasteiger partial charge on any atom is 0.344 e. The van der Waals surface area contributed by atoms with E-state index in [2.05, 4.69) is 0 Å². The lowest BCUT2D eigenvalue weighted by Crippen LogP contribution is -2.16. The number of carbonyl (C=O) groups is 1. The molecule has 0 aromatic heterocycles. The zero-order chi connectivity index (χ0) is 29.8.